The fourth-order valence-electron chi connectivity index (χ4n) is 2.40. The van der Waals surface area contributed by atoms with Gasteiger partial charge in [-0.2, -0.15) is 0 Å². The van der Waals surface area contributed by atoms with Gasteiger partial charge in [0.15, 0.2) is 10.9 Å². The van der Waals surface area contributed by atoms with Gasteiger partial charge < -0.3 is 10.6 Å². The molecule has 1 heterocycles. The summed E-state index contributed by atoms with van der Waals surface area (Å²) in [7, 11) is 0. The van der Waals surface area contributed by atoms with Crippen LogP contribution in [0.5, 0.6) is 0 Å². The molecule has 0 aliphatic rings. The molecule has 0 unspecified atom stereocenters. The van der Waals surface area contributed by atoms with Crippen LogP contribution in [-0.2, 0) is 17.8 Å². The molecule has 7 heteroatoms. The molecule has 1 amide bonds. The van der Waals surface area contributed by atoms with Crippen LogP contribution in [0.15, 0.2) is 53.9 Å². The zero-order valence-corrected chi connectivity index (χ0v) is 16.2. The maximum atomic E-state index is 12.0. The highest BCUT2D eigenvalue weighted by molar-refractivity contribution is 7.13. The van der Waals surface area contributed by atoms with Gasteiger partial charge in [0.1, 0.15) is 0 Å². The van der Waals surface area contributed by atoms with E-state index < -0.39 is 0 Å². The van der Waals surface area contributed by atoms with Crippen LogP contribution in [0.1, 0.15) is 28.5 Å². The van der Waals surface area contributed by atoms with E-state index in [1.807, 2.05) is 29.6 Å². The number of amides is 1. The van der Waals surface area contributed by atoms with Crippen molar-refractivity contribution in [1.82, 2.24) is 10.3 Å². The maximum Gasteiger partial charge on any atom is 0.224 e. The number of benzene rings is 2. The summed E-state index contributed by atoms with van der Waals surface area (Å²) in [6.45, 7) is 1.91. The fraction of sp³-hybridized carbons (Fsp3) is 0.150. The molecule has 0 fully saturated rings. The van der Waals surface area contributed by atoms with Crippen LogP contribution in [0.4, 0.5) is 10.8 Å². The fourth-order valence-corrected chi connectivity index (χ4v) is 3.25. The Morgan fingerprint density at radius 3 is 2.44 bits per heavy atom. The summed E-state index contributed by atoms with van der Waals surface area (Å²) in [4.78, 5) is 27.8. The average Bonchev–Trinajstić information content (AvgIpc) is 3.10. The topological polar surface area (TPSA) is 71.1 Å². The van der Waals surface area contributed by atoms with Gasteiger partial charge in [-0.25, -0.2) is 4.98 Å². The number of anilines is 2. The molecule has 138 valence electrons. The van der Waals surface area contributed by atoms with Crippen molar-refractivity contribution in [1.29, 1.82) is 0 Å². The molecule has 0 aliphatic carbocycles. The molecule has 0 spiro atoms. The minimum atomic E-state index is -0.0698. The van der Waals surface area contributed by atoms with Crippen molar-refractivity contribution in [2.75, 3.05) is 5.32 Å². The third kappa shape index (κ3) is 5.64. The van der Waals surface area contributed by atoms with Gasteiger partial charge in [0.25, 0.3) is 0 Å². The number of carbonyl (C=O) groups excluding carboxylic acids is 2. The lowest BCUT2D eigenvalue weighted by atomic mass is 10.1. The number of carbonyl (C=O) groups is 2. The standard InChI is InChI=1S/C20H18ClN3O2S/c1-13(25)15-4-8-17(9-5-15)23-20-24-18(12-27-20)11-22-19(26)10-14-2-6-16(21)7-3-14/h2-9,12H,10-11H2,1H3,(H,22,26)(H,23,24). The van der Waals surface area contributed by atoms with Crippen molar-refractivity contribution in [2.24, 2.45) is 0 Å². The lowest BCUT2D eigenvalue weighted by Crippen LogP contribution is -2.24. The van der Waals surface area contributed by atoms with E-state index in [1.165, 1.54) is 18.3 Å². The van der Waals surface area contributed by atoms with Gasteiger partial charge in [0.05, 0.1) is 18.7 Å². The maximum absolute atomic E-state index is 12.0. The summed E-state index contributed by atoms with van der Waals surface area (Å²) in [5.74, 6) is -0.0351. The monoisotopic (exact) mass is 399 g/mol. The molecule has 3 aromatic rings. The van der Waals surface area contributed by atoms with Crippen LogP contribution in [0.3, 0.4) is 0 Å². The molecule has 0 bridgehead atoms. The number of ketones is 1. The molecule has 2 N–H and O–H groups in total. The summed E-state index contributed by atoms with van der Waals surface area (Å²) < 4.78 is 0. The lowest BCUT2D eigenvalue weighted by Gasteiger charge is -2.04. The second kappa shape index (κ2) is 8.79. The molecule has 0 aliphatic heterocycles. The number of nitrogens with one attached hydrogen (secondary N) is 2. The summed E-state index contributed by atoms with van der Waals surface area (Å²) in [6.07, 6.45) is 0.301. The number of hydrogen-bond donors (Lipinski definition) is 2. The first-order valence-corrected chi connectivity index (χ1v) is 9.59. The Balaban J connectivity index is 1.50. The van der Waals surface area contributed by atoms with Crippen LogP contribution in [-0.4, -0.2) is 16.7 Å². The van der Waals surface area contributed by atoms with Crippen molar-refractivity contribution in [3.05, 3.63) is 75.8 Å². The van der Waals surface area contributed by atoms with E-state index in [0.29, 0.717) is 23.6 Å². The summed E-state index contributed by atoms with van der Waals surface area (Å²) in [6, 6.07) is 14.4. The molecule has 0 saturated heterocycles. The van der Waals surface area contributed by atoms with E-state index in [1.54, 1.807) is 24.3 Å². The smallest absolute Gasteiger partial charge is 0.224 e. The van der Waals surface area contributed by atoms with Crippen LogP contribution in [0, 0.1) is 0 Å². The van der Waals surface area contributed by atoms with Gasteiger partial charge in [-0.05, 0) is 48.9 Å². The molecule has 0 atom stereocenters. The average molecular weight is 400 g/mol. The van der Waals surface area contributed by atoms with Gasteiger partial charge in [0.2, 0.25) is 5.91 Å². The second-order valence-electron chi connectivity index (χ2n) is 5.98. The van der Waals surface area contributed by atoms with E-state index in [-0.39, 0.29) is 11.7 Å². The second-order valence-corrected chi connectivity index (χ2v) is 7.28. The highest BCUT2D eigenvalue weighted by Crippen LogP contribution is 2.21. The normalized spacial score (nSPS) is 10.4. The highest BCUT2D eigenvalue weighted by atomic mass is 35.5. The number of rotatable bonds is 7. The van der Waals surface area contributed by atoms with Crippen molar-refractivity contribution in [3.63, 3.8) is 0 Å². The van der Waals surface area contributed by atoms with Gasteiger partial charge in [-0.1, -0.05) is 23.7 Å². The number of halogens is 1. The summed E-state index contributed by atoms with van der Waals surface area (Å²) >= 11 is 7.30. The molecular formula is C20H18ClN3O2S. The minimum absolute atomic E-state index is 0.0347. The predicted octanol–water partition coefficient (Wildman–Crippen LogP) is 4.60. The Hall–Kier alpha value is -2.70. The predicted molar refractivity (Wildman–Crippen MR) is 109 cm³/mol. The Labute approximate surface area is 166 Å². The van der Waals surface area contributed by atoms with Crippen LogP contribution in [0.25, 0.3) is 0 Å². The lowest BCUT2D eigenvalue weighted by molar-refractivity contribution is -0.120. The van der Waals surface area contributed by atoms with Crippen LogP contribution < -0.4 is 10.6 Å². The first-order valence-electron chi connectivity index (χ1n) is 8.33. The SMILES string of the molecule is CC(=O)c1ccc(Nc2nc(CNC(=O)Cc3ccc(Cl)cc3)cs2)cc1. The number of hydrogen-bond acceptors (Lipinski definition) is 5. The van der Waals surface area contributed by atoms with E-state index in [4.69, 9.17) is 11.6 Å². The Kier molecular flexibility index (Phi) is 6.21. The quantitative estimate of drug-likeness (QED) is 0.569. The van der Waals surface area contributed by atoms with Gasteiger partial charge in [-0.15, -0.1) is 11.3 Å². The Morgan fingerprint density at radius 1 is 1.07 bits per heavy atom. The van der Waals surface area contributed by atoms with Gasteiger partial charge >= 0.3 is 0 Å². The number of nitrogens with zero attached hydrogens (tertiary/aromatic N) is 1. The van der Waals surface area contributed by atoms with E-state index in [9.17, 15) is 9.59 Å². The van der Waals surface area contributed by atoms with Crippen molar-refractivity contribution in [3.8, 4) is 0 Å². The van der Waals surface area contributed by atoms with Crippen LogP contribution in [0.2, 0.25) is 5.02 Å². The van der Waals surface area contributed by atoms with Gasteiger partial charge in [0, 0.05) is 21.7 Å². The number of aromatic nitrogens is 1. The van der Waals surface area contributed by atoms with E-state index in [0.717, 1.165) is 22.1 Å². The highest BCUT2D eigenvalue weighted by Gasteiger charge is 2.07. The van der Waals surface area contributed by atoms with Crippen molar-refractivity contribution in [2.45, 2.75) is 19.9 Å². The third-order valence-corrected chi connectivity index (χ3v) is 4.90. The Morgan fingerprint density at radius 2 is 1.78 bits per heavy atom. The number of Topliss-reactive ketones (excluding diaryl/α,β-unsaturated/α-hetero) is 1. The van der Waals surface area contributed by atoms with E-state index >= 15 is 0 Å². The molecule has 0 saturated carbocycles. The summed E-state index contributed by atoms with van der Waals surface area (Å²) in [5.41, 5.74) is 3.22. The van der Waals surface area contributed by atoms with Gasteiger partial charge in [-0.3, -0.25) is 9.59 Å². The molecule has 27 heavy (non-hydrogen) atoms. The molecule has 0 radical (unpaired) electrons. The summed E-state index contributed by atoms with van der Waals surface area (Å²) in [5, 5.41) is 9.34. The van der Waals surface area contributed by atoms with Crippen LogP contribution >= 0.6 is 22.9 Å². The van der Waals surface area contributed by atoms with Crippen molar-refractivity contribution < 1.29 is 9.59 Å². The largest absolute Gasteiger partial charge is 0.350 e. The van der Waals surface area contributed by atoms with Crippen molar-refractivity contribution >= 4 is 45.4 Å². The molecule has 5 nitrogen and oxygen atoms in total. The number of thiazole rings is 1. The zero-order chi connectivity index (χ0) is 19.2. The van der Waals surface area contributed by atoms with E-state index in [2.05, 4.69) is 15.6 Å². The molecular weight excluding hydrogens is 382 g/mol. The molecule has 1 aromatic heterocycles. The minimum Gasteiger partial charge on any atom is -0.350 e. The first kappa shape index (κ1) is 19.1. The molecule has 3 rings (SSSR count). The molecule has 2 aromatic carbocycles. The Bertz CT molecular complexity index is 937. The third-order valence-electron chi connectivity index (χ3n) is 3.84. The first-order chi connectivity index (χ1) is 13.0. The zero-order valence-electron chi connectivity index (χ0n) is 14.7.